The van der Waals surface area contributed by atoms with Gasteiger partial charge in [-0.05, 0) is 55.0 Å². The highest BCUT2D eigenvalue weighted by molar-refractivity contribution is 8.03. The molecule has 0 N–H and O–H groups in total. The van der Waals surface area contributed by atoms with E-state index in [-0.39, 0.29) is 0 Å². The van der Waals surface area contributed by atoms with Gasteiger partial charge in [0.05, 0.1) is 0 Å². The number of allylic oxidation sites excluding steroid dienone is 2. The minimum absolute atomic E-state index is 1.21. The highest BCUT2D eigenvalue weighted by atomic mass is 32.2. The molecule has 2 aromatic rings. The Morgan fingerprint density at radius 3 is 2.24 bits per heavy atom. The normalized spacial score (nSPS) is 15.6. The average Bonchev–Trinajstić information content (AvgIpc) is 2.57. The van der Waals surface area contributed by atoms with Gasteiger partial charge >= 0.3 is 0 Å². The third-order valence-electron chi connectivity index (χ3n) is 3.68. The molecule has 1 aliphatic rings. The molecular weight excluding hydrogens is 272 g/mol. The van der Waals surface area contributed by atoms with E-state index < -0.39 is 0 Å². The van der Waals surface area contributed by atoms with Gasteiger partial charge in [0, 0.05) is 9.80 Å². The number of rotatable bonds is 4. The predicted molar refractivity (Wildman–Crippen MR) is 93.3 cm³/mol. The van der Waals surface area contributed by atoms with Crippen molar-refractivity contribution < 1.29 is 0 Å². The van der Waals surface area contributed by atoms with E-state index in [2.05, 4.69) is 72.8 Å². The Morgan fingerprint density at radius 2 is 1.57 bits per heavy atom. The molecule has 0 aromatic heterocycles. The van der Waals surface area contributed by atoms with Crippen LogP contribution in [0.4, 0.5) is 0 Å². The first kappa shape index (κ1) is 14.2. The van der Waals surface area contributed by atoms with E-state index in [0.29, 0.717) is 0 Å². The zero-order valence-corrected chi connectivity index (χ0v) is 13.0. The van der Waals surface area contributed by atoms with Crippen molar-refractivity contribution in [2.24, 2.45) is 0 Å². The lowest BCUT2D eigenvalue weighted by Gasteiger charge is -2.16. The first-order chi connectivity index (χ1) is 10.4. The Labute approximate surface area is 131 Å². The molecular formula is C20H20S. The SMILES string of the molecule is C1=C(/C(=C/c2ccccc2)Sc2ccccc2)CCCC1. The first-order valence-corrected chi connectivity index (χ1v) is 8.42. The van der Waals surface area contributed by atoms with Gasteiger partial charge in [-0.25, -0.2) is 0 Å². The summed E-state index contributed by atoms with van der Waals surface area (Å²) >= 11 is 1.88. The largest absolute Gasteiger partial charge is 0.0898 e. The van der Waals surface area contributed by atoms with Crippen LogP contribution in [0.15, 0.2) is 82.1 Å². The maximum Gasteiger partial charge on any atom is 0.0157 e. The molecule has 0 aliphatic heterocycles. The second-order valence-corrected chi connectivity index (χ2v) is 6.42. The number of hydrogen-bond donors (Lipinski definition) is 0. The summed E-state index contributed by atoms with van der Waals surface area (Å²) in [6.07, 6.45) is 9.82. The number of thioether (sulfide) groups is 1. The molecule has 0 amide bonds. The standard InChI is InChI=1S/C20H20S/c1-4-10-17(11-5-1)16-20(18-12-6-2-7-13-18)21-19-14-8-3-9-15-19/h1,3-5,8-12,14-16H,2,6-7,13H2/b20-16-. The minimum atomic E-state index is 1.21. The Balaban J connectivity index is 1.91. The fourth-order valence-corrected chi connectivity index (χ4v) is 3.62. The summed E-state index contributed by atoms with van der Waals surface area (Å²) in [4.78, 5) is 2.71. The van der Waals surface area contributed by atoms with Gasteiger partial charge in [0.2, 0.25) is 0 Å². The van der Waals surface area contributed by atoms with Crippen molar-refractivity contribution in [1.29, 1.82) is 0 Å². The summed E-state index contributed by atoms with van der Waals surface area (Å²) in [5, 5.41) is 0. The Hall–Kier alpha value is -1.73. The molecule has 0 spiro atoms. The van der Waals surface area contributed by atoms with Crippen molar-refractivity contribution in [3.05, 3.63) is 82.8 Å². The van der Waals surface area contributed by atoms with Crippen molar-refractivity contribution >= 4 is 17.8 Å². The topological polar surface area (TPSA) is 0 Å². The molecule has 0 atom stereocenters. The Morgan fingerprint density at radius 1 is 0.857 bits per heavy atom. The van der Waals surface area contributed by atoms with Gasteiger partial charge in [-0.1, -0.05) is 66.4 Å². The lowest BCUT2D eigenvalue weighted by atomic mass is 9.98. The maximum absolute atomic E-state index is 2.42. The Kier molecular flexibility index (Phi) is 4.96. The molecule has 0 unspecified atom stereocenters. The molecule has 0 bridgehead atoms. The van der Waals surface area contributed by atoms with E-state index >= 15 is 0 Å². The molecule has 106 valence electrons. The predicted octanol–water partition coefficient (Wildman–Crippen LogP) is 6.32. The van der Waals surface area contributed by atoms with Crippen LogP contribution in [-0.4, -0.2) is 0 Å². The molecule has 2 aromatic carbocycles. The summed E-state index contributed by atoms with van der Waals surface area (Å²) in [6, 6.07) is 21.3. The zero-order valence-electron chi connectivity index (χ0n) is 12.2. The van der Waals surface area contributed by atoms with E-state index in [1.807, 2.05) is 11.8 Å². The smallest absolute Gasteiger partial charge is 0.0157 e. The van der Waals surface area contributed by atoms with E-state index in [1.54, 1.807) is 0 Å². The van der Waals surface area contributed by atoms with E-state index in [9.17, 15) is 0 Å². The Bertz CT molecular complexity index is 623. The van der Waals surface area contributed by atoms with Gasteiger partial charge in [-0.3, -0.25) is 0 Å². The highest BCUT2D eigenvalue weighted by Gasteiger charge is 2.10. The van der Waals surface area contributed by atoms with Crippen LogP contribution in [0.5, 0.6) is 0 Å². The van der Waals surface area contributed by atoms with Crippen LogP contribution in [0, 0.1) is 0 Å². The van der Waals surface area contributed by atoms with Gasteiger partial charge in [0.15, 0.2) is 0 Å². The van der Waals surface area contributed by atoms with Crippen LogP contribution in [0.1, 0.15) is 31.2 Å². The molecule has 0 saturated heterocycles. The van der Waals surface area contributed by atoms with Crippen LogP contribution in [0.2, 0.25) is 0 Å². The van der Waals surface area contributed by atoms with Gasteiger partial charge in [-0.15, -0.1) is 0 Å². The summed E-state index contributed by atoms with van der Waals surface area (Å²) in [7, 11) is 0. The lowest BCUT2D eigenvalue weighted by Crippen LogP contribution is -1.94. The summed E-state index contributed by atoms with van der Waals surface area (Å²) in [5.41, 5.74) is 2.79. The minimum Gasteiger partial charge on any atom is -0.0898 e. The molecule has 0 radical (unpaired) electrons. The van der Waals surface area contributed by atoms with Crippen LogP contribution < -0.4 is 0 Å². The third-order valence-corrected chi connectivity index (χ3v) is 4.78. The van der Waals surface area contributed by atoms with Gasteiger partial charge < -0.3 is 0 Å². The molecule has 1 heteroatoms. The molecule has 1 aliphatic carbocycles. The maximum atomic E-state index is 2.42. The summed E-state index contributed by atoms with van der Waals surface area (Å²) in [5.74, 6) is 0. The van der Waals surface area contributed by atoms with Gasteiger partial charge in [0.1, 0.15) is 0 Å². The molecule has 21 heavy (non-hydrogen) atoms. The van der Waals surface area contributed by atoms with Crippen molar-refractivity contribution in [1.82, 2.24) is 0 Å². The highest BCUT2D eigenvalue weighted by Crippen LogP contribution is 2.37. The number of hydrogen-bond acceptors (Lipinski definition) is 1. The zero-order chi connectivity index (χ0) is 14.3. The molecule has 3 rings (SSSR count). The lowest BCUT2D eigenvalue weighted by molar-refractivity contribution is 0.711. The third kappa shape index (κ3) is 4.12. The van der Waals surface area contributed by atoms with E-state index in [1.165, 1.54) is 46.6 Å². The van der Waals surface area contributed by atoms with Gasteiger partial charge in [-0.2, -0.15) is 0 Å². The molecule has 0 heterocycles. The first-order valence-electron chi connectivity index (χ1n) is 7.61. The van der Waals surface area contributed by atoms with Crippen molar-refractivity contribution in [3.63, 3.8) is 0 Å². The van der Waals surface area contributed by atoms with Crippen LogP contribution in [0.25, 0.3) is 6.08 Å². The second kappa shape index (κ2) is 7.33. The fraction of sp³-hybridized carbons (Fsp3) is 0.200. The van der Waals surface area contributed by atoms with Crippen LogP contribution >= 0.6 is 11.8 Å². The van der Waals surface area contributed by atoms with E-state index in [0.717, 1.165) is 0 Å². The molecule has 0 nitrogen and oxygen atoms in total. The summed E-state index contributed by atoms with van der Waals surface area (Å²) in [6.45, 7) is 0. The second-order valence-electron chi connectivity index (χ2n) is 5.31. The van der Waals surface area contributed by atoms with Crippen molar-refractivity contribution in [2.45, 2.75) is 30.6 Å². The monoisotopic (exact) mass is 292 g/mol. The van der Waals surface area contributed by atoms with Crippen molar-refractivity contribution in [3.8, 4) is 0 Å². The number of benzene rings is 2. The molecule has 0 saturated carbocycles. The fourth-order valence-electron chi connectivity index (χ4n) is 2.57. The van der Waals surface area contributed by atoms with Gasteiger partial charge in [0.25, 0.3) is 0 Å². The molecule has 0 fully saturated rings. The van der Waals surface area contributed by atoms with E-state index in [4.69, 9.17) is 0 Å². The average molecular weight is 292 g/mol. The van der Waals surface area contributed by atoms with Crippen molar-refractivity contribution in [2.75, 3.05) is 0 Å². The quantitative estimate of drug-likeness (QED) is 0.594. The van der Waals surface area contributed by atoms with Crippen LogP contribution in [0.3, 0.4) is 0 Å². The van der Waals surface area contributed by atoms with Crippen LogP contribution in [-0.2, 0) is 0 Å². The summed E-state index contributed by atoms with van der Waals surface area (Å²) < 4.78 is 0.